The highest BCUT2D eigenvalue weighted by Crippen LogP contribution is 2.39. The number of fused-ring (bicyclic) bond motifs is 1. The molecule has 7 heteroatoms. The largest absolute Gasteiger partial charge is 0.417 e. The first-order valence-corrected chi connectivity index (χ1v) is 10.6. The lowest BCUT2D eigenvalue weighted by Crippen LogP contribution is -2.18. The first-order chi connectivity index (χ1) is 16.0. The van der Waals surface area contributed by atoms with Crippen LogP contribution in [0.3, 0.4) is 0 Å². The van der Waals surface area contributed by atoms with Crippen LogP contribution in [0.1, 0.15) is 35.2 Å². The molecule has 0 fully saturated rings. The summed E-state index contributed by atoms with van der Waals surface area (Å²) in [5.41, 5.74) is -0.227. The first kappa shape index (κ1) is 23.8. The zero-order valence-electron chi connectivity index (χ0n) is 18.1. The minimum atomic E-state index is -4.64. The van der Waals surface area contributed by atoms with Gasteiger partial charge in [-0.25, -0.2) is 0 Å². The molecule has 0 aromatic heterocycles. The van der Waals surface area contributed by atoms with Gasteiger partial charge < -0.3 is 5.32 Å². The van der Waals surface area contributed by atoms with Gasteiger partial charge in [0, 0.05) is 12.6 Å². The van der Waals surface area contributed by atoms with Gasteiger partial charge in [-0.2, -0.15) is 26.3 Å². The molecule has 0 aliphatic heterocycles. The van der Waals surface area contributed by atoms with Crippen molar-refractivity contribution in [2.24, 2.45) is 0 Å². The van der Waals surface area contributed by atoms with Crippen LogP contribution < -0.4 is 5.32 Å². The molecule has 4 aromatic carbocycles. The Labute approximate surface area is 193 Å². The van der Waals surface area contributed by atoms with E-state index in [9.17, 15) is 26.3 Å². The highest BCUT2D eigenvalue weighted by molar-refractivity contribution is 5.86. The number of alkyl halides is 6. The molecule has 0 saturated carbocycles. The Balaban J connectivity index is 1.62. The molecule has 0 aliphatic rings. The van der Waals surface area contributed by atoms with E-state index >= 15 is 0 Å². The van der Waals surface area contributed by atoms with Crippen LogP contribution in [-0.4, -0.2) is 0 Å². The maximum Gasteiger partial charge on any atom is 0.417 e. The van der Waals surface area contributed by atoms with Gasteiger partial charge >= 0.3 is 12.4 Å². The van der Waals surface area contributed by atoms with E-state index < -0.39 is 23.5 Å². The van der Waals surface area contributed by atoms with E-state index in [0.29, 0.717) is 5.56 Å². The van der Waals surface area contributed by atoms with E-state index in [4.69, 9.17) is 0 Å². The van der Waals surface area contributed by atoms with E-state index in [0.717, 1.165) is 46.7 Å². The summed E-state index contributed by atoms with van der Waals surface area (Å²) in [6.07, 6.45) is -9.20. The first-order valence-electron chi connectivity index (χ1n) is 10.6. The fourth-order valence-corrected chi connectivity index (χ4v) is 4.04. The van der Waals surface area contributed by atoms with Gasteiger partial charge in [0.15, 0.2) is 0 Å². The Hall–Kier alpha value is -3.32. The van der Waals surface area contributed by atoms with Gasteiger partial charge in [-0.3, -0.25) is 0 Å². The van der Waals surface area contributed by atoms with Gasteiger partial charge in [0.2, 0.25) is 0 Å². The fourth-order valence-electron chi connectivity index (χ4n) is 4.04. The lowest BCUT2D eigenvalue weighted by atomic mass is 9.95. The smallest absolute Gasteiger partial charge is 0.306 e. The number of nitrogens with one attached hydrogen (secondary N) is 1. The number of rotatable bonds is 5. The molecule has 4 rings (SSSR count). The van der Waals surface area contributed by atoms with E-state index in [1.807, 2.05) is 49.4 Å². The van der Waals surface area contributed by atoms with Gasteiger partial charge in [-0.05, 0) is 64.2 Å². The topological polar surface area (TPSA) is 12.0 Å². The summed E-state index contributed by atoms with van der Waals surface area (Å²) >= 11 is 0. The van der Waals surface area contributed by atoms with Crippen LogP contribution in [0.5, 0.6) is 0 Å². The molecule has 0 saturated heterocycles. The van der Waals surface area contributed by atoms with Crippen molar-refractivity contribution in [2.45, 2.75) is 31.9 Å². The fraction of sp³-hybridized carbons (Fsp3) is 0.185. The van der Waals surface area contributed by atoms with Crippen molar-refractivity contribution in [1.29, 1.82) is 0 Å². The zero-order chi connectivity index (χ0) is 24.5. The molecule has 0 radical (unpaired) electrons. The molecule has 1 N–H and O–H groups in total. The Morgan fingerprint density at radius 2 is 1.41 bits per heavy atom. The summed E-state index contributed by atoms with van der Waals surface area (Å²) in [4.78, 5) is 0. The number of benzene rings is 4. The zero-order valence-corrected chi connectivity index (χ0v) is 18.1. The molecule has 0 spiro atoms. The van der Waals surface area contributed by atoms with Gasteiger partial charge in [0.1, 0.15) is 0 Å². The van der Waals surface area contributed by atoms with Crippen LogP contribution in [0.15, 0.2) is 84.9 Å². The maximum atomic E-state index is 13.6. The van der Waals surface area contributed by atoms with Crippen LogP contribution >= 0.6 is 0 Å². The summed E-state index contributed by atoms with van der Waals surface area (Å²) < 4.78 is 79.5. The summed E-state index contributed by atoms with van der Waals surface area (Å²) in [6.45, 7) is 2.26. The van der Waals surface area contributed by atoms with E-state index in [1.54, 1.807) is 0 Å². The second-order valence-electron chi connectivity index (χ2n) is 8.12. The number of halogens is 6. The minimum absolute atomic E-state index is 0.0734. The highest BCUT2D eigenvalue weighted by Gasteiger charge is 2.34. The monoisotopic (exact) mass is 473 g/mol. The van der Waals surface area contributed by atoms with Crippen LogP contribution in [0.2, 0.25) is 0 Å². The number of hydrogen-bond acceptors (Lipinski definition) is 1. The normalized spacial score (nSPS) is 13.3. The van der Waals surface area contributed by atoms with Crippen molar-refractivity contribution in [2.75, 3.05) is 0 Å². The van der Waals surface area contributed by atoms with E-state index in [2.05, 4.69) is 5.32 Å². The van der Waals surface area contributed by atoms with Crippen molar-refractivity contribution in [3.63, 3.8) is 0 Å². The molecule has 0 aliphatic carbocycles. The Bertz CT molecular complexity index is 1280. The number of hydrogen-bond donors (Lipinski definition) is 1. The average molecular weight is 473 g/mol. The molecule has 4 aromatic rings. The van der Waals surface area contributed by atoms with Crippen LogP contribution in [0, 0.1) is 0 Å². The standard InChI is InChI=1S/C27H21F6N/c1-17(22-8-4-6-19-5-2-3-7-23(19)22)34-16-18-9-14-25(27(31,32)33)24(15-18)20-10-12-21(13-11-20)26(28,29)30/h2-15,17,34H,16H2,1H3. The second-order valence-corrected chi connectivity index (χ2v) is 8.12. The maximum absolute atomic E-state index is 13.6. The molecule has 0 amide bonds. The third kappa shape index (κ3) is 5.09. The Morgan fingerprint density at radius 3 is 2.09 bits per heavy atom. The van der Waals surface area contributed by atoms with Crippen molar-refractivity contribution in [1.82, 2.24) is 5.32 Å². The lowest BCUT2D eigenvalue weighted by molar-refractivity contribution is -0.138. The van der Waals surface area contributed by atoms with Gasteiger partial charge in [0.05, 0.1) is 11.1 Å². The molecule has 0 bridgehead atoms. The summed E-state index contributed by atoms with van der Waals surface area (Å²) in [5.74, 6) is 0. The van der Waals surface area contributed by atoms with E-state index in [1.165, 1.54) is 12.1 Å². The predicted octanol–water partition coefficient (Wildman–Crippen LogP) is 8.40. The molecule has 1 unspecified atom stereocenters. The van der Waals surface area contributed by atoms with Gasteiger partial charge in [-0.15, -0.1) is 0 Å². The van der Waals surface area contributed by atoms with Crippen LogP contribution in [0.4, 0.5) is 26.3 Å². The Morgan fingerprint density at radius 1 is 0.735 bits per heavy atom. The van der Waals surface area contributed by atoms with Crippen molar-refractivity contribution < 1.29 is 26.3 Å². The second kappa shape index (κ2) is 9.14. The van der Waals surface area contributed by atoms with Gasteiger partial charge in [0.25, 0.3) is 0 Å². The SMILES string of the molecule is CC(NCc1ccc(C(F)(F)F)c(-c2ccc(C(F)(F)F)cc2)c1)c1cccc2ccccc12. The van der Waals surface area contributed by atoms with Crippen molar-refractivity contribution >= 4 is 10.8 Å². The highest BCUT2D eigenvalue weighted by atomic mass is 19.4. The quantitative estimate of drug-likeness (QED) is 0.287. The summed E-state index contributed by atoms with van der Waals surface area (Å²) in [6, 6.07) is 21.3. The third-order valence-electron chi connectivity index (χ3n) is 5.81. The van der Waals surface area contributed by atoms with Crippen molar-refractivity contribution in [3.05, 3.63) is 107 Å². The summed E-state index contributed by atoms with van der Waals surface area (Å²) in [7, 11) is 0. The Kier molecular flexibility index (Phi) is 6.41. The average Bonchev–Trinajstić information content (AvgIpc) is 2.81. The van der Waals surface area contributed by atoms with E-state index in [-0.39, 0.29) is 23.7 Å². The van der Waals surface area contributed by atoms with Crippen LogP contribution in [-0.2, 0) is 18.9 Å². The minimum Gasteiger partial charge on any atom is -0.306 e. The molecular formula is C27H21F6N. The predicted molar refractivity (Wildman–Crippen MR) is 121 cm³/mol. The molecular weight excluding hydrogens is 452 g/mol. The molecule has 0 heterocycles. The molecule has 176 valence electrons. The van der Waals surface area contributed by atoms with Crippen LogP contribution in [0.25, 0.3) is 21.9 Å². The third-order valence-corrected chi connectivity index (χ3v) is 5.81. The molecule has 1 atom stereocenters. The molecule has 1 nitrogen and oxygen atoms in total. The van der Waals surface area contributed by atoms with Gasteiger partial charge in [-0.1, -0.05) is 60.7 Å². The summed E-state index contributed by atoms with van der Waals surface area (Å²) in [5, 5.41) is 5.52. The lowest BCUT2D eigenvalue weighted by Gasteiger charge is -2.19. The van der Waals surface area contributed by atoms with Crippen molar-refractivity contribution in [3.8, 4) is 11.1 Å². The molecule has 34 heavy (non-hydrogen) atoms.